The van der Waals surface area contributed by atoms with Gasteiger partial charge in [0.05, 0.1) is 25.5 Å². The number of aliphatic hydroxyl groups is 1. The molecule has 0 spiro atoms. The maximum Gasteiger partial charge on any atom is 0.336 e. The van der Waals surface area contributed by atoms with Gasteiger partial charge in [-0.15, -0.1) is 0 Å². The Balaban J connectivity index is 2.53. The van der Waals surface area contributed by atoms with E-state index in [4.69, 9.17) is 5.11 Å². The molecule has 1 aliphatic carbocycles. The van der Waals surface area contributed by atoms with Crippen molar-refractivity contribution in [2.75, 3.05) is 13.7 Å². The number of carbonyl (C=O) groups is 3. The average molecular weight is 273 g/mol. The summed E-state index contributed by atoms with van der Waals surface area (Å²) in [4.78, 5) is 33.9. The first-order chi connectivity index (χ1) is 8.86. The number of carbonyl (C=O) groups excluding carboxylic acids is 2. The van der Waals surface area contributed by atoms with Gasteiger partial charge in [0.25, 0.3) is 0 Å². The van der Waals surface area contributed by atoms with Crippen molar-refractivity contribution in [2.45, 2.75) is 25.9 Å². The number of hydrogen-bond acceptors (Lipinski definition) is 5. The van der Waals surface area contributed by atoms with Crippen molar-refractivity contribution in [1.29, 1.82) is 0 Å². The summed E-state index contributed by atoms with van der Waals surface area (Å²) in [5.41, 5.74) is 0. The van der Waals surface area contributed by atoms with Gasteiger partial charge >= 0.3 is 11.9 Å². The van der Waals surface area contributed by atoms with Crippen LogP contribution in [0, 0.1) is 17.8 Å². The highest BCUT2D eigenvalue weighted by molar-refractivity contribution is 5.86. The third kappa shape index (κ3) is 3.92. The number of hydrogen-bond donors (Lipinski definition) is 3. The van der Waals surface area contributed by atoms with Crippen molar-refractivity contribution in [3.05, 3.63) is 0 Å². The number of aliphatic hydroxyl groups excluding tert-OH is 1. The Kier molecular flexibility index (Phi) is 5.29. The number of ether oxygens (including phenoxy) is 1. The van der Waals surface area contributed by atoms with E-state index in [2.05, 4.69) is 10.1 Å². The molecule has 1 amide bonds. The second-order valence-corrected chi connectivity index (χ2v) is 4.91. The van der Waals surface area contributed by atoms with Gasteiger partial charge in [0, 0.05) is 0 Å². The molecule has 0 saturated heterocycles. The molecule has 1 saturated carbocycles. The van der Waals surface area contributed by atoms with Crippen LogP contribution in [-0.4, -0.2) is 47.8 Å². The van der Waals surface area contributed by atoms with E-state index in [0.29, 0.717) is 12.8 Å². The number of rotatable bonds is 5. The first-order valence-corrected chi connectivity index (χ1v) is 6.13. The molecule has 19 heavy (non-hydrogen) atoms. The molecule has 108 valence electrons. The smallest absolute Gasteiger partial charge is 0.336 e. The van der Waals surface area contributed by atoms with Gasteiger partial charge < -0.3 is 20.3 Å². The first-order valence-electron chi connectivity index (χ1n) is 6.13. The molecule has 1 fully saturated rings. The number of esters is 1. The molecule has 3 N–H and O–H groups in total. The van der Waals surface area contributed by atoms with Crippen molar-refractivity contribution in [3.63, 3.8) is 0 Å². The fourth-order valence-electron chi connectivity index (χ4n) is 2.40. The van der Waals surface area contributed by atoms with Crippen LogP contribution in [0.5, 0.6) is 0 Å². The minimum Gasteiger partial charge on any atom is -0.481 e. The summed E-state index contributed by atoms with van der Waals surface area (Å²) in [6.07, 6.45) is -0.472. The molecule has 0 bridgehead atoms. The van der Waals surface area contributed by atoms with E-state index in [0.717, 1.165) is 7.11 Å². The van der Waals surface area contributed by atoms with E-state index in [-0.39, 0.29) is 12.5 Å². The van der Waals surface area contributed by atoms with Gasteiger partial charge in [-0.1, -0.05) is 6.92 Å². The molecule has 0 aromatic heterocycles. The van der Waals surface area contributed by atoms with Crippen LogP contribution in [0.15, 0.2) is 0 Å². The highest BCUT2D eigenvalue weighted by Crippen LogP contribution is 2.36. The zero-order valence-electron chi connectivity index (χ0n) is 11.0. The number of methoxy groups -OCH3 is 1. The van der Waals surface area contributed by atoms with Gasteiger partial charge in [-0.2, -0.15) is 0 Å². The van der Waals surface area contributed by atoms with Crippen molar-refractivity contribution >= 4 is 17.8 Å². The zero-order chi connectivity index (χ0) is 14.6. The third-order valence-corrected chi connectivity index (χ3v) is 3.40. The molecule has 0 radical (unpaired) electrons. The molecule has 1 rings (SSSR count). The van der Waals surface area contributed by atoms with Gasteiger partial charge in [-0.05, 0) is 18.8 Å². The second-order valence-electron chi connectivity index (χ2n) is 4.91. The predicted octanol–water partition coefficient (Wildman–Crippen LogP) is -0.617. The summed E-state index contributed by atoms with van der Waals surface area (Å²) < 4.78 is 4.31. The topological polar surface area (TPSA) is 113 Å². The van der Waals surface area contributed by atoms with E-state index < -0.39 is 35.8 Å². The van der Waals surface area contributed by atoms with Crippen LogP contribution in [-0.2, 0) is 19.1 Å². The summed E-state index contributed by atoms with van der Waals surface area (Å²) in [5, 5.41) is 20.8. The van der Waals surface area contributed by atoms with Crippen LogP contribution in [0.3, 0.4) is 0 Å². The lowest BCUT2D eigenvalue weighted by molar-refractivity contribution is -0.151. The minimum atomic E-state index is -1.43. The monoisotopic (exact) mass is 273 g/mol. The van der Waals surface area contributed by atoms with E-state index in [1.165, 1.54) is 0 Å². The summed E-state index contributed by atoms with van der Waals surface area (Å²) >= 11 is 0. The average Bonchev–Trinajstić information content (AvgIpc) is 2.76. The van der Waals surface area contributed by atoms with Crippen LogP contribution < -0.4 is 5.32 Å². The highest BCUT2D eigenvalue weighted by Gasteiger charge is 2.41. The molecule has 0 aromatic rings. The Morgan fingerprint density at radius 3 is 2.42 bits per heavy atom. The number of carboxylic acids is 1. The summed E-state index contributed by atoms with van der Waals surface area (Å²) in [5.74, 6) is -3.42. The second kappa shape index (κ2) is 6.51. The molecule has 0 aromatic carbocycles. The minimum absolute atomic E-state index is 0.169. The SMILES string of the molecule is COC(=O)C(O)CNC(=O)[C@H]1CC(C)C[C@H]1C(=O)O. The molecule has 0 heterocycles. The van der Waals surface area contributed by atoms with Gasteiger partial charge in [-0.3, -0.25) is 9.59 Å². The lowest BCUT2D eigenvalue weighted by Crippen LogP contribution is -2.41. The van der Waals surface area contributed by atoms with E-state index in [1.54, 1.807) is 0 Å². The first kappa shape index (κ1) is 15.4. The molecule has 2 unspecified atom stereocenters. The molecule has 1 aliphatic rings. The van der Waals surface area contributed by atoms with Crippen molar-refractivity contribution < 1.29 is 29.3 Å². The Morgan fingerprint density at radius 1 is 1.32 bits per heavy atom. The van der Waals surface area contributed by atoms with Gasteiger partial charge in [-0.25, -0.2) is 4.79 Å². The van der Waals surface area contributed by atoms with Gasteiger partial charge in [0.15, 0.2) is 6.10 Å². The molecule has 4 atom stereocenters. The van der Waals surface area contributed by atoms with E-state index in [9.17, 15) is 19.5 Å². The van der Waals surface area contributed by atoms with Gasteiger partial charge in [0.2, 0.25) is 5.91 Å². The van der Waals surface area contributed by atoms with Crippen LogP contribution in [0.2, 0.25) is 0 Å². The Labute approximate surface area is 110 Å². The maximum atomic E-state index is 11.9. The van der Waals surface area contributed by atoms with Crippen molar-refractivity contribution in [3.8, 4) is 0 Å². The van der Waals surface area contributed by atoms with Gasteiger partial charge in [0.1, 0.15) is 0 Å². The molecule has 0 aliphatic heterocycles. The zero-order valence-corrected chi connectivity index (χ0v) is 11.0. The molecule has 7 nitrogen and oxygen atoms in total. The molecular weight excluding hydrogens is 254 g/mol. The summed E-state index contributed by atoms with van der Waals surface area (Å²) in [6, 6.07) is 0. The predicted molar refractivity (Wildman–Crippen MR) is 64.0 cm³/mol. The Hall–Kier alpha value is -1.63. The third-order valence-electron chi connectivity index (χ3n) is 3.40. The van der Waals surface area contributed by atoms with Crippen LogP contribution >= 0.6 is 0 Å². The normalized spacial score (nSPS) is 27.6. The number of carboxylic acid groups (broad SMARTS) is 1. The standard InChI is InChI=1S/C12H19NO6/c1-6-3-7(8(4-6)11(16)17)10(15)13-5-9(14)12(18)19-2/h6-9,14H,3-5H2,1-2H3,(H,13,15)(H,16,17)/t6?,7-,8+,9?/m0/s1. The maximum absolute atomic E-state index is 11.9. The molecular formula is C12H19NO6. The van der Waals surface area contributed by atoms with E-state index in [1.807, 2.05) is 6.92 Å². The van der Waals surface area contributed by atoms with E-state index >= 15 is 0 Å². The fraction of sp³-hybridized carbons (Fsp3) is 0.750. The van der Waals surface area contributed by atoms with Crippen molar-refractivity contribution in [1.82, 2.24) is 5.32 Å². The number of aliphatic carboxylic acids is 1. The van der Waals surface area contributed by atoms with Crippen LogP contribution in [0.1, 0.15) is 19.8 Å². The summed E-state index contributed by atoms with van der Waals surface area (Å²) in [6.45, 7) is 1.62. The lowest BCUT2D eigenvalue weighted by Gasteiger charge is -2.16. The number of nitrogens with one attached hydrogen (secondary N) is 1. The largest absolute Gasteiger partial charge is 0.481 e. The Bertz CT molecular complexity index is 369. The van der Waals surface area contributed by atoms with Crippen molar-refractivity contribution in [2.24, 2.45) is 17.8 Å². The highest BCUT2D eigenvalue weighted by atomic mass is 16.5. The number of amides is 1. The quantitative estimate of drug-likeness (QED) is 0.576. The van der Waals surface area contributed by atoms with Crippen LogP contribution in [0.4, 0.5) is 0 Å². The lowest BCUT2D eigenvalue weighted by atomic mass is 9.95. The summed E-state index contributed by atoms with van der Waals surface area (Å²) in [7, 11) is 1.13. The molecule has 7 heteroatoms. The van der Waals surface area contributed by atoms with Crippen LogP contribution in [0.25, 0.3) is 0 Å². The fourth-order valence-corrected chi connectivity index (χ4v) is 2.40. The Morgan fingerprint density at radius 2 is 1.89 bits per heavy atom.